The van der Waals surface area contributed by atoms with Crippen molar-refractivity contribution in [3.05, 3.63) is 46.5 Å². The zero-order chi connectivity index (χ0) is 16.7. The maximum atomic E-state index is 12.8. The average Bonchev–Trinajstić information content (AvgIpc) is 2.53. The number of rotatable bonds is 3. The van der Waals surface area contributed by atoms with Crippen LogP contribution in [0.2, 0.25) is 0 Å². The molecule has 7 nitrogen and oxygen atoms in total. The SMILES string of the molecule is NCCNc1ccc(O)c2c1C(=O)c1c(O)ccc(N)c1C2=O. The number of ketones is 2. The quantitative estimate of drug-likeness (QED) is 0.356. The number of aromatic hydroxyl groups is 2. The molecular weight excluding hydrogens is 298 g/mol. The summed E-state index contributed by atoms with van der Waals surface area (Å²) in [7, 11) is 0. The molecule has 0 fully saturated rings. The van der Waals surface area contributed by atoms with Gasteiger partial charge in [0.25, 0.3) is 0 Å². The highest BCUT2D eigenvalue weighted by Gasteiger charge is 2.37. The lowest BCUT2D eigenvalue weighted by molar-refractivity contribution is 0.0975. The lowest BCUT2D eigenvalue weighted by Gasteiger charge is -2.23. The van der Waals surface area contributed by atoms with Gasteiger partial charge in [-0.15, -0.1) is 0 Å². The predicted molar refractivity (Wildman–Crippen MR) is 85.0 cm³/mol. The van der Waals surface area contributed by atoms with Crippen LogP contribution in [0.3, 0.4) is 0 Å². The van der Waals surface area contributed by atoms with Gasteiger partial charge in [-0.2, -0.15) is 0 Å². The van der Waals surface area contributed by atoms with Gasteiger partial charge in [-0.1, -0.05) is 0 Å². The molecule has 0 aromatic heterocycles. The van der Waals surface area contributed by atoms with Crippen LogP contribution in [0.25, 0.3) is 0 Å². The minimum atomic E-state index is -0.600. The van der Waals surface area contributed by atoms with Gasteiger partial charge in [0.1, 0.15) is 11.5 Å². The molecule has 0 spiro atoms. The Hall–Kier alpha value is -3.06. The van der Waals surface area contributed by atoms with Gasteiger partial charge in [-0.05, 0) is 24.3 Å². The first kappa shape index (κ1) is 14.9. The molecule has 0 unspecified atom stereocenters. The normalized spacial score (nSPS) is 12.7. The molecule has 7 heteroatoms. The van der Waals surface area contributed by atoms with Crippen molar-refractivity contribution in [2.75, 3.05) is 24.1 Å². The van der Waals surface area contributed by atoms with Crippen molar-refractivity contribution in [2.24, 2.45) is 5.73 Å². The first-order chi connectivity index (χ1) is 11.0. The van der Waals surface area contributed by atoms with Gasteiger partial charge in [0.15, 0.2) is 0 Å². The van der Waals surface area contributed by atoms with Gasteiger partial charge in [-0.25, -0.2) is 0 Å². The van der Waals surface area contributed by atoms with Crippen LogP contribution in [0.1, 0.15) is 31.8 Å². The second-order valence-electron chi connectivity index (χ2n) is 5.18. The highest BCUT2D eigenvalue weighted by atomic mass is 16.3. The van der Waals surface area contributed by atoms with Crippen LogP contribution >= 0.6 is 0 Å². The van der Waals surface area contributed by atoms with Crippen molar-refractivity contribution < 1.29 is 19.8 Å². The zero-order valence-electron chi connectivity index (χ0n) is 12.1. The van der Waals surface area contributed by atoms with Gasteiger partial charge >= 0.3 is 0 Å². The number of phenolic OH excluding ortho intramolecular Hbond substituents is 2. The first-order valence-electron chi connectivity index (χ1n) is 6.98. The molecule has 23 heavy (non-hydrogen) atoms. The van der Waals surface area contributed by atoms with Crippen molar-refractivity contribution in [1.29, 1.82) is 0 Å². The third-order valence-corrected chi connectivity index (χ3v) is 3.77. The van der Waals surface area contributed by atoms with Gasteiger partial charge in [-0.3, -0.25) is 9.59 Å². The van der Waals surface area contributed by atoms with Gasteiger partial charge in [0.05, 0.1) is 22.3 Å². The molecule has 0 atom stereocenters. The van der Waals surface area contributed by atoms with E-state index in [2.05, 4.69) is 5.32 Å². The summed E-state index contributed by atoms with van der Waals surface area (Å²) in [6.07, 6.45) is 0. The molecule has 1 aliphatic rings. The van der Waals surface area contributed by atoms with E-state index in [-0.39, 0.29) is 39.4 Å². The predicted octanol–water partition coefficient (Wildman–Crippen LogP) is 0.826. The fraction of sp³-hybridized carbons (Fsp3) is 0.125. The fourth-order valence-electron chi connectivity index (χ4n) is 2.74. The van der Waals surface area contributed by atoms with E-state index in [1.54, 1.807) is 0 Å². The molecule has 0 amide bonds. The summed E-state index contributed by atoms with van der Waals surface area (Å²) in [5.41, 5.74) is 11.3. The van der Waals surface area contributed by atoms with Crippen molar-refractivity contribution in [3.63, 3.8) is 0 Å². The van der Waals surface area contributed by atoms with Crippen LogP contribution in [0, 0.1) is 0 Å². The van der Waals surface area contributed by atoms with E-state index in [0.717, 1.165) is 0 Å². The zero-order valence-corrected chi connectivity index (χ0v) is 12.1. The minimum Gasteiger partial charge on any atom is -0.507 e. The van der Waals surface area contributed by atoms with Crippen LogP contribution < -0.4 is 16.8 Å². The van der Waals surface area contributed by atoms with E-state index in [9.17, 15) is 19.8 Å². The van der Waals surface area contributed by atoms with Gasteiger partial charge < -0.3 is 27.0 Å². The standard InChI is InChI=1S/C16H15N3O4/c17-5-6-19-8-2-4-10(21)14-12(8)16(23)13-9(20)3-1-7(18)11(13)15(14)22/h1-4,19-21H,5-6,17-18H2. The van der Waals surface area contributed by atoms with Crippen LogP contribution in [0.15, 0.2) is 24.3 Å². The van der Waals surface area contributed by atoms with E-state index >= 15 is 0 Å². The maximum absolute atomic E-state index is 12.8. The summed E-state index contributed by atoms with van der Waals surface area (Å²) in [4.78, 5) is 25.5. The monoisotopic (exact) mass is 313 g/mol. The average molecular weight is 313 g/mol. The van der Waals surface area contributed by atoms with Crippen LogP contribution in [-0.2, 0) is 0 Å². The summed E-state index contributed by atoms with van der Waals surface area (Å²) in [6, 6.07) is 5.42. The van der Waals surface area contributed by atoms with E-state index in [1.165, 1.54) is 24.3 Å². The van der Waals surface area contributed by atoms with Gasteiger partial charge in [0.2, 0.25) is 11.6 Å². The largest absolute Gasteiger partial charge is 0.507 e. The van der Waals surface area contributed by atoms with E-state index in [4.69, 9.17) is 11.5 Å². The summed E-state index contributed by atoms with van der Waals surface area (Å²) in [5.74, 6) is -1.82. The molecular formula is C16H15N3O4. The number of hydrogen-bond donors (Lipinski definition) is 5. The van der Waals surface area contributed by atoms with Gasteiger partial charge in [0, 0.05) is 24.5 Å². The lowest BCUT2D eigenvalue weighted by Crippen LogP contribution is -2.25. The number of anilines is 2. The summed E-state index contributed by atoms with van der Waals surface area (Å²) in [5, 5.41) is 23.0. The Labute approximate surface area is 131 Å². The van der Waals surface area contributed by atoms with Crippen molar-refractivity contribution in [1.82, 2.24) is 0 Å². The Morgan fingerprint density at radius 1 is 0.870 bits per heavy atom. The first-order valence-corrected chi connectivity index (χ1v) is 6.98. The number of nitrogens with one attached hydrogen (secondary N) is 1. The molecule has 0 saturated carbocycles. The number of nitrogen functional groups attached to an aromatic ring is 1. The molecule has 2 aromatic carbocycles. The Bertz CT molecular complexity index is 846. The molecule has 0 saturated heterocycles. The number of nitrogens with two attached hydrogens (primary N) is 2. The summed E-state index contributed by atoms with van der Waals surface area (Å²) in [6.45, 7) is 0.709. The van der Waals surface area contributed by atoms with Crippen LogP contribution in [0.5, 0.6) is 11.5 Å². The molecule has 7 N–H and O–H groups in total. The second kappa shape index (κ2) is 5.29. The van der Waals surface area contributed by atoms with Crippen molar-refractivity contribution in [2.45, 2.75) is 0 Å². The number of carbonyl (C=O) groups is 2. The smallest absolute Gasteiger partial charge is 0.200 e. The Balaban J connectivity index is 2.31. The van der Waals surface area contributed by atoms with Crippen molar-refractivity contribution in [3.8, 4) is 11.5 Å². The lowest BCUT2D eigenvalue weighted by atomic mass is 9.81. The number of phenols is 2. The van der Waals surface area contributed by atoms with Crippen LogP contribution in [0.4, 0.5) is 11.4 Å². The Morgan fingerprint density at radius 2 is 1.43 bits per heavy atom. The topological polar surface area (TPSA) is 139 Å². The molecule has 2 aromatic rings. The molecule has 3 rings (SSSR count). The van der Waals surface area contributed by atoms with E-state index in [1.807, 2.05) is 0 Å². The number of carbonyl (C=O) groups excluding carboxylic acids is 2. The number of hydrogen-bond acceptors (Lipinski definition) is 7. The van der Waals surface area contributed by atoms with E-state index < -0.39 is 11.6 Å². The molecule has 1 aliphatic carbocycles. The van der Waals surface area contributed by atoms with E-state index in [0.29, 0.717) is 18.8 Å². The van der Waals surface area contributed by atoms with Crippen molar-refractivity contribution >= 4 is 22.9 Å². The molecule has 0 radical (unpaired) electrons. The third-order valence-electron chi connectivity index (χ3n) is 3.77. The maximum Gasteiger partial charge on any atom is 0.200 e. The van der Waals surface area contributed by atoms with Crippen LogP contribution in [-0.4, -0.2) is 34.9 Å². The Morgan fingerprint density at radius 3 is 2.09 bits per heavy atom. The highest BCUT2D eigenvalue weighted by molar-refractivity contribution is 6.33. The molecule has 0 aliphatic heterocycles. The minimum absolute atomic E-state index is 0.0110. The molecule has 0 heterocycles. The molecule has 0 bridgehead atoms. The number of benzene rings is 2. The fourth-order valence-corrected chi connectivity index (χ4v) is 2.74. The Kier molecular flexibility index (Phi) is 3.42. The molecule has 118 valence electrons. The highest BCUT2D eigenvalue weighted by Crippen LogP contribution is 2.41. The summed E-state index contributed by atoms with van der Waals surface area (Å²) >= 11 is 0. The summed E-state index contributed by atoms with van der Waals surface area (Å²) < 4.78 is 0. The second-order valence-corrected chi connectivity index (χ2v) is 5.18. The third kappa shape index (κ3) is 2.09. The number of fused-ring (bicyclic) bond motifs is 2.